The normalized spacial score (nSPS) is 9.35. The van der Waals surface area contributed by atoms with Crippen LogP contribution in [0.25, 0.3) is 0 Å². The fourth-order valence-electron chi connectivity index (χ4n) is 1.13. The summed E-state index contributed by atoms with van der Waals surface area (Å²) >= 11 is 1.58. The molecule has 0 aliphatic rings. The van der Waals surface area contributed by atoms with E-state index >= 15 is 0 Å². The molecule has 1 rings (SSSR count). The number of amides is 2. The molecule has 1 aromatic heterocycles. The summed E-state index contributed by atoms with van der Waals surface area (Å²) in [4.78, 5) is 14.2. The summed E-state index contributed by atoms with van der Waals surface area (Å²) in [5.74, 6) is 5.76. The molecule has 0 fully saturated rings. The van der Waals surface area contributed by atoms with Gasteiger partial charge in [-0.2, -0.15) is 0 Å². The quantitative estimate of drug-likeness (QED) is 0.794. The Morgan fingerprint density at radius 2 is 2.41 bits per heavy atom. The third-order valence-corrected chi connectivity index (χ3v) is 3.16. The van der Waals surface area contributed by atoms with Gasteiger partial charge in [0.2, 0.25) is 0 Å². The minimum Gasteiger partial charge on any atom is -0.333 e. The Hall–Kier alpha value is -1.51. The van der Waals surface area contributed by atoms with E-state index in [4.69, 9.17) is 5.73 Å². The molecule has 92 valence electrons. The number of carbonyl (C=O) groups excluding carboxylic acids is 1. The summed E-state index contributed by atoms with van der Waals surface area (Å²) in [6, 6.07) is 1.91. The van der Waals surface area contributed by atoms with Gasteiger partial charge in [-0.25, -0.2) is 4.79 Å². The van der Waals surface area contributed by atoms with Gasteiger partial charge in [0.25, 0.3) is 0 Å². The Kier molecular flexibility index (Phi) is 5.53. The minimum absolute atomic E-state index is 0.0597. The first-order chi connectivity index (χ1) is 8.17. The number of hydrogen-bond acceptors (Lipinski definition) is 3. The molecule has 0 aliphatic carbocycles. The Morgan fingerprint density at radius 3 is 3.06 bits per heavy atom. The molecule has 3 N–H and O–H groups in total. The number of rotatable bonds is 3. The van der Waals surface area contributed by atoms with E-state index in [2.05, 4.69) is 17.2 Å². The first kappa shape index (κ1) is 13.6. The van der Waals surface area contributed by atoms with Crippen molar-refractivity contribution in [1.82, 2.24) is 10.2 Å². The van der Waals surface area contributed by atoms with Crippen molar-refractivity contribution in [3.63, 3.8) is 0 Å². The zero-order valence-electron chi connectivity index (χ0n) is 10.1. The molecule has 0 unspecified atom stereocenters. The minimum atomic E-state index is -0.0597. The first-order valence-corrected chi connectivity index (χ1v) is 6.30. The maximum Gasteiger partial charge on any atom is 0.317 e. The van der Waals surface area contributed by atoms with Crippen LogP contribution < -0.4 is 11.1 Å². The first-order valence-electron chi connectivity index (χ1n) is 5.42. The molecular weight excluding hydrogens is 234 g/mol. The zero-order chi connectivity index (χ0) is 12.7. The van der Waals surface area contributed by atoms with E-state index in [1.807, 2.05) is 18.4 Å². The Morgan fingerprint density at radius 1 is 1.65 bits per heavy atom. The van der Waals surface area contributed by atoms with Crippen molar-refractivity contribution < 1.29 is 4.79 Å². The highest BCUT2D eigenvalue weighted by Gasteiger charge is 2.05. The number of carbonyl (C=O) groups is 1. The molecule has 0 radical (unpaired) electrons. The highest BCUT2D eigenvalue weighted by molar-refractivity contribution is 7.10. The van der Waals surface area contributed by atoms with Crippen LogP contribution in [0, 0.1) is 11.8 Å². The topological polar surface area (TPSA) is 58.4 Å². The van der Waals surface area contributed by atoms with Crippen molar-refractivity contribution in [2.45, 2.75) is 13.5 Å². The molecule has 5 heteroatoms. The van der Waals surface area contributed by atoms with Crippen LogP contribution in [-0.4, -0.2) is 31.1 Å². The van der Waals surface area contributed by atoms with Crippen molar-refractivity contribution in [3.8, 4) is 11.8 Å². The summed E-state index contributed by atoms with van der Waals surface area (Å²) in [6.45, 7) is 3.54. The van der Waals surface area contributed by atoms with Gasteiger partial charge in [0.1, 0.15) is 0 Å². The molecule has 0 bridgehead atoms. The molecule has 1 heterocycles. The third kappa shape index (κ3) is 4.47. The lowest BCUT2D eigenvalue weighted by atomic mass is 10.3. The Bertz CT molecular complexity index is 430. The molecule has 2 amide bonds. The summed E-state index contributed by atoms with van der Waals surface area (Å²) in [7, 11) is 1.77. The highest BCUT2D eigenvalue weighted by Crippen LogP contribution is 2.13. The van der Waals surface area contributed by atoms with Crippen molar-refractivity contribution >= 4 is 17.4 Å². The van der Waals surface area contributed by atoms with E-state index < -0.39 is 0 Å². The average Bonchev–Trinajstić information content (AvgIpc) is 2.80. The van der Waals surface area contributed by atoms with Gasteiger partial charge >= 0.3 is 6.03 Å². The number of thiophene rings is 1. The average molecular weight is 251 g/mol. The van der Waals surface area contributed by atoms with Crippen LogP contribution in [0.1, 0.15) is 17.4 Å². The second-order valence-corrected chi connectivity index (χ2v) is 4.48. The number of urea groups is 1. The largest absolute Gasteiger partial charge is 0.333 e. The van der Waals surface area contributed by atoms with Gasteiger partial charge in [0.15, 0.2) is 0 Å². The van der Waals surface area contributed by atoms with Crippen LogP contribution in [0.15, 0.2) is 11.4 Å². The number of nitrogens with zero attached hydrogens (tertiary/aromatic N) is 1. The molecule has 0 aliphatic heterocycles. The maximum atomic E-state index is 11.5. The fourth-order valence-corrected chi connectivity index (χ4v) is 1.89. The number of hydrogen-bond donors (Lipinski definition) is 2. The van der Waals surface area contributed by atoms with E-state index in [0.717, 1.165) is 10.4 Å². The maximum absolute atomic E-state index is 11.5. The van der Waals surface area contributed by atoms with Crippen LogP contribution in [-0.2, 0) is 6.54 Å². The lowest BCUT2D eigenvalue weighted by molar-refractivity contribution is 0.210. The number of nitrogens with one attached hydrogen (secondary N) is 1. The predicted molar refractivity (Wildman–Crippen MR) is 70.8 cm³/mol. The Balaban J connectivity index is 2.47. The van der Waals surface area contributed by atoms with Crippen molar-refractivity contribution in [3.05, 3.63) is 21.9 Å². The van der Waals surface area contributed by atoms with Gasteiger partial charge < -0.3 is 16.0 Å². The summed E-state index contributed by atoms with van der Waals surface area (Å²) < 4.78 is 0. The molecule has 0 spiro atoms. The van der Waals surface area contributed by atoms with Gasteiger partial charge in [0, 0.05) is 29.4 Å². The standard InChI is InChI=1S/C12H17N3OS/c1-3-15(2)12(16)14-8-11-7-10(9-17-11)5-4-6-13/h7,9H,3,6,8,13H2,1-2H3,(H,14,16). The van der Waals surface area contributed by atoms with Crippen molar-refractivity contribution in [1.29, 1.82) is 0 Å². The monoisotopic (exact) mass is 251 g/mol. The zero-order valence-corrected chi connectivity index (χ0v) is 10.9. The van der Waals surface area contributed by atoms with E-state index in [-0.39, 0.29) is 6.03 Å². The molecule has 0 atom stereocenters. The second-order valence-electron chi connectivity index (χ2n) is 3.48. The van der Waals surface area contributed by atoms with Crippen LogP contribution in [0.3, 0.4) is 0 Å². The smallest absolute Gasteiger partial charge is 0.317 e. The van der Waals surface area contributed by atoms with Gasteiger partial charge in [-0.3, -0.25) is 0 Å². The molecule has 0 saturated carbocycles. The van der Waals surface area contributed by atoms with Gasteiger partial charge in [-0.05, 0) is 13.0 Å². The molecule has 17 heavy (non-hydrogen) atoms. The van der Waals surface area contributed by atoms with Gasteiger partial charge in [0.05, 0.1) is 13.1 Å². The Labute approximate surface area is 106 Å². The summed E-state index contributed by atoms with van der Waals surface area (Å²) in [5, 5.41) is 4.81. The van der Waals surface area contributed by atoms with Crippen LogP contribution in [0.4, 0.5) is 4.79 Å². The van der Waals surface area contributed by atoms with Crippen LogP contribution in [0.2, 0.25) is 0 Å². The molecular formula is C12H17N3OS. The van der Waals surface area contributed by atoms with Gasteiger partial charge in [-0.15, -0.1) is 11.3 Å². The fraction of sp³-hybridized carbons (Fsp3) is 0.417. The van der Waals surface area contributed by atoms with Crippen molar-refractivity contribution in [2.24, 2.45) is 5.73 Å². The second kappa shape index (κ2) is 6.94. The molecule has 1 aromatic rings. The van der Waals surface area contributed by atoms with Crippen molar-refractivity contribution in [2.75, 3.05) is 20.1 Å². The van der Waals surface area contributed by atoms with E-state index in [1.54, 1.807) is 23.3 Å². The molecule has 0 saturated heterocycles. The van der Waals surface area contributed by atoms with Gasteiger partial charge in [-0.1, -0.05) is 11.8 Å². The lowest BCUT2D eigenvalue weighted by Crippen LogP contribution is -2.36. The predicted octanol–water partition coefficient (Wildman–Crippen LogP) is 1.22. The molecule has 0 aromatic carbocycles. The molecule has 4 nitrogen and oxygen atoms in total. The SMILES string of the molecule is CCN(C)C(=O)NCc1cc(C#CCN)cs1. The van der Waals surface area contributed by atoms with E-state index in [0.29, 0.717) is 19.6 Å². The number of nitrogens with two attached hydrogens (primary N) is 1. The van der Waals surface area contributed by atoms with Crippen LogP contribution >= 0.6 is 11.3 Å². The van der Waals surface area contributed by atoms with E-state index in [9.17, 15) is 4.79 Å². The lowest BCUT2D eigenvalue weighted by Gasteiger charge is -2.14. The highest BCUT2D eigenvalue weighted by atomic mass is 32.1. The summed E-state index contributed by atoms with van der Waals surface area (Å²) in [5.41, 5.74) is 6.25. The third-order valence-electron chi connectivity index (χ3n) is 2.22. The van der Waals surface area contributed by atoms with E-state index in [1.165, 1.54) is 0 Å². The summed E-state index contributed by atoms with van der Waals surface area (Å²) in [6.07, 6.45) is 0. The van der Waals surface area contributed by atoms with Crippen LogP contribution in [0.5, 0.6) is 0 Å².